The van der Waals surface area contributed by atoms with Gasteiger partial charge in [-0.05, 0) is 35.1 Å². The molecule has 0 spiro atoms. The van der Waals surface area contributed by atoms with Crippen LogP contribution in [-0.2, 0) is 0 Å². The number of pyridine rings is 1. The van der Waals surface area contributed by atoms with E-state index in [-0.39, 0.29) is 5.69 Å². The Hall–Kier alpha value is -1.53. The fraction of sp³-hybridized carbons (Fsp3) is 0. The van der Waals surface area contributed by atoms with Crippen LogP contribution < -0.4 is 0 Å². The van der Waals surface area contributed by atoms with E-state index in [2.05, 4.69) is 4.98 Å². The van der Waals surface area contributed by atoms with Crippen molar-refractivity contribution >= 4 is 27.3 Å². The van der Waals surface area contributed by atoms with E-state index >= 15 is 0 Å². The topological polar surface area (TPSA) is 56.0 Å². The van der Waals surface area contributed by atoms with Gasteiger partial charge in [-0.25, -0.2) is 4.98 Å². The number of benzene rings is 1. The van der Waals surface area contributed by atoms with Gasteiger partial charge >= 0.3 is 0 Å². The van der Waals surface area contributed by atoms with E-state index in [0.29, 0.717) is 0 Å². The lowest BCUT2D eigenvalue weighted by molar-refractivity contribution is -0.384. The summed E-state index contributed by atoms with van der Waals surface area (Å²) < 4.78 is 0. The molecule has 0 saturated carbocycles. The molecule has 0 atom stereocenters. The minimum absolute atomic E-state index is 0.109. The third-order valence-electron chi connectivity index (χ3n) is 1.91. The van der Waals surface area contributed by atoms with Gasteiger partial charge in [0.2, 0.25) is 0 Å². The average molecular weight is 264 g/mol. The standard InChI is InChI=1S/C11H8N2O2S2/c14-13(15)9-4-6-10(7-5-9)16-17-11-3-1-2-8-12-11/h1-8H. The number of nitro groups is 1. The van der Waals surface area contributed by atoms with Gasteiger partial charge in [0.25, 0.3) is 5.69 Å². The summed E-state index contributed by atoms with van der Waals surface area (Å²) in [6, 6.07) is 12.2. The minimum atomic E-state index is -0.402. The molecule has 0 N–H and O–H groups in total. The highest BCUT2D eigenvalue weighted by atomic mass is 33.1. The van der Waals surface area contributed by atoms with Gasteiger partial charge in [-0.2, -0.15) is 0 Å². The van der Waals surface area contributed by atoms with Crippen molar-refractivity contribution in [3.05, 3.63) is 58.8 Å². The SMILES string of the molecule is O=[N+]([O-])c1ccc(SSc2ccccn2)cc1. The van der Waals surface area contributed by atoms with Gasteiger partial charge in [-0.3, -0.25) is 10.1 Å². The van der Waals surface area contributed by atoms with Crippen molar-refractivity contribution in [3.63, 3.8) is 0 Å². The van der Waals surface area contributed by atoms with E-state index in [9.17, 15) is 10.1 Å². The van der Waals surface area contributed by atoms with E-state index in [0.717, 1.165) is 9.92 Å². The maximum absolute atomic E-state index is 10.5. The molecule has 0 unspecified atom stereocenters. The fourth-order valence-electron chi connectivity index (χ4n) is 1.11. The Balaban J connectivity index is 1.98. The summed E-state index contributed by atoms with van der Waals surface area (Å²) in [7, 11) is 3.05. The largest absolute Gasteiger partial charge is 0.269 e. The second kappa shape index (κ2) is 5.70. The van der Waals surface area contributed by atoms with Crippen LogP contribution in [0.1, 0.15) is 0 Å². The Morgan fingerprint density at radius 2 is 1.82 bits per heavy atom. The van der Waals surface area contributed by atoms with Crippen LogP contribution in [0.5, 0.6) is 0 Å². The summed E-state index contributed by atoms with van der Waals surface area (Å²) >= 11 is 0. The van der Waals surface area contributed by atoms with Crippen molar-refractivity contribution in [3.8, 4) is 0 Å². The maximum Gasteiger partial charge on any atom is 0.269 e. The van der Waals surface area contributed by atoms with Crippen molar-refractivity contribution in [2.24, 2.45) is 0 Å². The number of rotatable bonds is 4. The van der Waals surface area contributed by atoms with Crippen LogP contribution in [0.15, 0.2) is 58.6 Å². The number of hydrogen-bond donors (Lipinski definition) is 0. The van der Waals surface area contributed by atoms with Gasteiger partial charge in [0.05, 0.1) is 4.92 Å². The van der Waals surface area contributed by atoms with Crippen LogP contribution in [0.25, 0.3) is 0 Å². The smallest absolute Gasteiger partial charge is 0.258 e. The van der Waals surface area contributed by atoms with Crippen LogP contribution in [0.4, 0.5) is 5.69 Å². The van der Waals surface area contributed by atoms with Crippen LogP contribution in [0, 0.1) is 10.1 Å². The number of hydrogen-bond acceptors (Lipinski definition) is 5. The second-order valence-corrected chi connectivity index (χ2v) is 5.31. The zero-order chi connectivity index (χ0) is 12.1. The van der Waals surface area contributed by atoms with Crippen LogP contribution in [0.3, 0.4) is 0 Å². The number of nitro benzene ring substituents is 1. The fourth-order valence-corrected chi connectivity index (χ4v) is 2.95. The Kier molecular flexibility index (Phi) is 4.00. The molecule has 0 fully saturated rings. The average Bonchev–Trinajstić information content (AvgIpc) is 2.38. The minimum Gasteiger partial charge on any atom is -0.258 e. The lowest BCUT2D eigenvalue weighted by Crippen LogP contribution is -1.86. The first-order valence-corrected chi connectivity index (χ1v) is 6.91. The highest BCUT2D eigenvalue weighted by Gasteiger charge is 2.04. The monoisotopic (exact) mass is 264 g/mol. The third kappa shape index (κ3) is 3.47. The van der Waals surface area contributed by atoms with E-state index in [1.165, 1.54) is 33.7 Å². The van der Waals surface area contributed by atoms with Crippen LogP contribution in [-0.4, -0.2) is 9.91 Å². The summed E-state index contributed by atoms with van der Waals surface area (Å²) in [5.74, 6) is 0. The molecular weight excluding hydrogens is 256 g/mol. The molecule has 4 nitrogen and oxygen atoms in total. The molecule has 2 aromatic rings. The molecule has 0 bridgehead atoms. The van der Waals surface area contributed by atoms with E-state index in [4.69, 9.17) is 0 Å². The Bertz CT molecular complexity index is 503. The number of non-ortho nitro benzene ring substituents is 1. The molecule has 1 aromatic carbocycles. The second-order valence-electron chi connectivity index (χ2n) is 3.09. The van der Waals surface area contributed by atoms with E-state index in [1.54, 1.807) is 18.3 Å². The third-order valence-corrected chi connectivity index (χ3v) is 4.21. The van der Waals surface area contributed by atoms with Gasteiger partial charge in [-0.1, -0.05) is 16.9 Å². The molecule has 0 amide bonds. The van der Waals surface area contributed by atoms with E-state index in [1.807, 2.05) is 18.2 Å². The number of nitrogens with zero attached hydrogens (tertiary/aromatic N) is 2. The Morgan fingerprint density at radius 1 is 1.06 bits per heavy atom. The molecule has 1 heterocycles. The molecule has 0 radical (unpaired) electrons. The first-order valence-electron chi connectivity index (χ1n) is 4.76. The summed E-state index contributed by atoms with van der Waals surface area (Å²) in [6.45, 7) is 0. The van der Waals surface area contributed by atoms with Gasteiger partial charge in [0.1, 0.15) is 5.03 Å². The zero-order valence-corrected chi connectivity index (χ0v) is 10.3. The number of aromatic nitrogens is 1. The normalized spacial score (nSPS) is 10.1. The van der Waals surface area contributed by atoms with E-state index < -0.39 is 4.92 Å². The van der Waals surface area contributed by atoms with Crippen molar-refractivity contribution in [1.29, 1.82) is 0 Å². The molecule has 86 valence electrons. The molecule has 6 heteroatoms. The predicted octanol–water partition coefficient (Wildman–Crippen LogP) is 3.79. The van der Waals surface area contributed by atoms with Crippen molar-refractivity contribution in [2.45, 2.75) is 9.92 Å². The predicted molar refractivity (Wildman–Crippen MR) is 69.0 cm³/mol. The quantitative estimate of drug-likeness (QED) is 0.477. The summed E-state index contributed by atoms with van der Waals surface area (Å²) in [4.78, 5) is 15.2. The van der Waals surface area contributed by atoms with Crippen LogP contribution in [0.2, 0.25) is 0 Å². The molecule has 0 aliphatic rings. The van der Waals surface area contributed by atoms with Gasteiger partial charge in [0, 0.05) is 23.2 Å². The van der Waals surface area contributed by atoms with Gasteiger partial charge in [-0.15, -0.1) is 0 Å². The highest BCUT2D eigenvalue weighted by Crippen LogP contribution is 2.36. The molecule has 0 saturated heterocycles. The Labute approximate surface area is 106 Å². The first kappa shape index (κ1) is 11.9. The molecule has 2 rings (SSSR count). The zero-order valence-electron chi connectivity index (χ0n) is 8.65. The Morgan fingerprint density at radius 3 is 2.41 bits per heavy atom. The summed E-state index contributed by atoms with van der Waals surface area (Å²) in [5, 5.41) is 11.4. The first-order chi connectivity index (χ1) is 8.25. The molecule has 1 aromatic heterocycles. The lowest BCUT2D eigenvalue weighted by Gasteiger charge is -1.99. The van der Waals surface area contributed by atoms with Crippen molar-refractivity contribution < 1.29 is 4.92 Å². The maximum atomic E-state index is 10.5. The molecule has 17 heavy (non-hydrogen) atoms. The lowest BCUT2D eigenvalue weighted by atomic mass is 10.3. The summed E-state index contributed by atoms with van der Waals surface area (Å²) in [5.41, 5.74) is 0.109. The van der Waals surface area contributed by atoms with Crippen molar-refractivity contribution in [2.75, 3.05) is 0 Å². The summed E-state index contributed by atoms with van der Waals surface area (Å²) in [6.07, 6.45) is 1.73. The van der Waals surface area contributed by atoms with Gasteiger partial charge < -0.3 is 0 Å². The van der Waals surface area contributed by atoms with Crippen LogP contribution >= 0.6 is 21.6 Å². The molecular formula is C11H8N2O2S2. The molecule has 0 aliphatic carbocycles. The molecule has 0 aliphatic heterocycles. The highest BCUT2D eigenvalue weighted by molar-refractivity contribution is 8.76. The van der Waals surface area contributed by atoms with Crippen molar-refractivity contribution in [1.82, 2.24) is 4.98 Å². The van der Waals surface area contributed by atoms with Gasteiger partial charge in [0.15, 0.2) is 0 Å².